The third-order valence-electron chi connectivity index (χ3n) is 6.44. The lowest BCUT2D eigenvalue weighted by molar-refractivity contribution is 0.0427. The van der Waals surface area contributed by atoms with Gasteiger partial charge in [0.15, 0.2) is 0 Å². The molecule has 170 valence electrons. The standard InChI is InChI=1S/C27H25N5O2/c33-27-22-12-4-5-13-24(22)29-26(31(27)17-21-11-7-15-34-21)23-18-32(20-9-2-1-3-10-20)30-25(23)19-8-6-14-28-16-19/h1-6,8-10,12-14,16,18,21,26,29H,7,11,15,17H2/t21-,26+/m1/s1. The normalized spacial score (nSPS) is 19.6. The molecule has 34 heavy (non-hydrogen) atoms. The van der Waals surface area contributed by atoms with E-state index in [0.717, 1.165) is 47.6 Å². The van der Waals surface area contributed by atoms with Gasteiger partial charge in [-0.15, -0.1) is 0 Å². The highest BCUT2D eigenvalue weighted by Crippen LogP contribution is 2.38. The van der Waals surface area contributed by atoms with E-state index < -0.39 is 0 Å². The fourth-order valence-electron chi connectivity index (χ4n) is 4.76. The van der Waals surface area contributed by atoms with Crippen molar-refractivity contribution >= 4 is 11.6 Å². The number of nitrogens with one attached hydrogen (secondary N) is 1. The zero-order valence-corrected chi connectivity index (χ0v) is 18.7. The average molecular weight is 452 g/mol. The van der Waals surface area contributed by atoms with Gasteiger partial charge in [-0.3, -0.25) is 9.78 Å². The SMILES string of the molecule is O=C1c2ccccc2N[C@H](c2cn(-c3ccccc3)nc2-c2cccnc2)N1C[C@H]1CCCO1. The molecule has 0 aliphatic carbocycles. The summed E-state index contributed by atoms with van der Waals surface area (Å²) in [6, 6.07) is 21.6. The largest absolute Gasteiger partial charge is 0.376 e. The topological polar surface area (TPSA) is 72.3 Å². The molecular formula is C27H25N5O2. The van der Waals surface area contributed by atoms with Gasteiger partial charge in [0, 0.05) is 48.6 Å². The van der Waals surface area contributed by atoms with Crippen LogP contribution in [0.3, 0.4) is 0 Å². The monoisotopic (exact) mass is 451 g/mol. The van der Waals surface area contributed by atoms with Crippen molar-refractivity contribution < 1.29 is 9.53 Å². The van der Waals surface area contributed by atoms with E-state index in [1.54, 1.807) is 6.20 Å². The first-order chi connectivity index (χ1) is 16.8. The number of aromatic nitrogens is 3. The molecule has 7 nitrogen and oxygen atoms in total. The summed E-state index contributed by atoms with van der Waals surface area (Å²) in [5.74, 6) is -0.000511. The number of hydrogen-bond acceptors (Lipinski definition) is 5. The van der Waals surface area contributed by atoms with Crippen LogP contribution in [0.4, 0.5) is 5.69 Å². The summed E-state index contributed by atoms with van der Waals surface area (Å²) in [7, 11) is 0. The average Bonchev–Trinajstić information content (AvgIpc) is 3.57. The smallest absolute Gasteiger partial charge is 0.257 e. The number of para-hydroxylation sites is 2. The van der Waals surface area contributed by atoms with Gasteiger partial charge in [-0.25, -0.2) is 4.68 Å². The predicted molar refractivity (Wildman–Crippen MR) is 130 cm³/mol. The van der Waals surface area contributed by atoms with Crippen molar-refractivity contribution in [1.29, 1.82) is 0 Å². The second-order valence-electron chi connectivity index (χ2n) is 8.64. The Labute approximate surface area is 198 Å². The van der Waals surface area contributed by atoms with E-state index >= 15 is 0 Å². The highest BCUT2D eigenvalue weighted by molar-refractivity contribution is 6.02. The van der Waals surface area contributed by atoms with Crippen LogP contribution in [0.2, 0.25) is 0 Å². The number of rotatable bonds is 5. The Balaban J connectivity index is 1.49. The summed E-state index contributed by atoms with van der Waals surface area (Å²) in [5, 5.41) is 8.56. The molecule has 6 rings (SSSR count). The zero-order chi connectivity index (χ0) is 22.9. The molecule has 4 heterocycles. The van der Waals surface area contributed by atoms with E-state index in [4.69, 9.17) is 9.84 Å². The molecule has 2 atom stereocenters. The van der Waals surface area contributed by atoms with Crippen LogP contribution in [-0.4, -0.2) is 44.8 Å². The number of fused-ring (bicyclic) bond motifs is 1. The molecular weight excluding hydrogens is 426 g/mol. The molecule has 1 saturated heterocycles. The molecule has 7 heteroatoms. The van der Waals surface area contributed by atoms with Gasteiger partial charge in [0.2, 0.25) is 0 Å². The van der Waals surface area contributed by atoms with Crippen LogP contribution >= 0.6 is 0 Å². The molecule has 0 bridgehead atoms. The summed E-state index contributed by atoms with van der Waals surface area (Å²) in [5.41, 5.74) is 5.06. The summed E-state index contributed by atoms with van der Waals surface area (Å²) < 4.78 is 7.78. The Kier molecular flexibility index (Phi) is 5.31. The molecule has 0 radical (unpaired) electrons. The first kappa shape index (κ1) is 20.6. The number of nitrogens with zero attached hydrogens (tertiary/aromatic N) is 4. The zero-order valence-electron chi connectivity index (χ0n) is 18.7. The first-order valence-electron chi connectivity index (χ1n) is 11.6. The van der Waals surface area contributed by atoms with Gasteiger partial charge in [0.05, 0.1) is 17.4 Å². The van der Waals surface area contributed by atoms with Crippen molar-refractivity contribution in [2.75, 3.05) is 18.5 Å². The van der Waals surface area contributed by atoms with Gasteiger partial charge < -0.3 is 15.0 Å². The molecule has 2 aromatic carbocycles. The van der Waals surface area contributed by atoms with E-state index in [0.29, 0.717) is 12.1 Å². The van der Waals surface area contributed by atoms with Crippen LogP contribution in [-0.2, 0) is 4.74 Å². The maximum Gasteiger partial charge on any atom is 0.257 e. The molecule has 0 spiro atoms. The van der Waals surface area contributed by atoms with Crippen molar-refractivity contribution in [3.8, 4) is 16.9 Å². The summed E-state index contributed by atoms with van der Waals surface area (Å²) in [4.78, 5) is 19.9. The number of carbonyl (C=O) groups is 1. The Morgan fingerprint density at radius 2 is 1.88 bits per heavy atom. The molecule has 1 amide bonds. The van der Waals surface area contributed by atoms with Crippen LogP contribution < -0.4 is 5.32 Å². The van der Waals surface area contributed by atoms with E-state index in [2.05, 4.69) is 10.3 Å². The quantitative estimate of drug-likeness (QED) is 0.477. The number of amides is 1. The van der Waals surface area contributed by atoms with E-state index in [9.17, 15) is 4.79 Å². The van der Waals surface area contributed by atoms with Crippen molar-refractivity contribution in [3.63, 3.8) is 0 Å². The Morgan fingerprint density at radius 3 is 2.68 bits per heavy atom. The number of ether oxygens (including phenoxy) is 1. The first-order valence-corrected chi connectivity index (χ1v) is 11.6. The number of hydrogen-bond donors (Lipinski definition) is 1. The van der Waals surface area contributed by atoms with Gasteiger partial charge in [0.1, 0.15) is 11.9 Å². The van der Waals surface area contributed by atoms with Crippen molar-refractivity contribution in [3.05, 3.63) is 96.4 Å². The van der Waals surface area contributed by atoms with Crippen LogP contribution in [0, 0.1) is 0 Å². The highest BCUT2D eigenvalue weighted by atomic mass is 16.5. The Morgan fingerprint density at radius 1 is 1.03 bits per heavy atom. The van der Waals surface area contributed by atoms with E-state index in [1.807, 2.05) is 88.7 Å². The van der Waals surface area contributed by atoms with Crippen LogP contribution in [0.15, 0.2) is 85.3 Å². The molecule has 2 aliphatic heterocycles. The van der Waals surface area contributed by atoms with Crippen molar-refractivity contribution in [2.24, 2.45) is 0 Å². The van der Waals surface area contributed by atoms with E-state index in [-0.39, 0.29) is 18.2 Å². The molecule has 0 unspecified atom stereocenters. The predicted octanol–water partition coefficient (Wildman–Crippen LogP) is 4.68. The van der Waals surface area contributed by atoms with E-state index in [1.165, 1.54) is 0 Å². The third kappa shape index (κ3) is 3.74. The minimum absolute atomic E-state index is 0.000511. The number of pyridine rings is 1. The second kappa shape index (κ2) is 8.76. The summed E-state index contributed by atoms with van der Waals surface area (Å²) in [6.45, 7) is 1.27. The molecule has 0 saturated carbocycles. The molecule has 2 aliphatic rings. The van der Waals surface area contributed by atoms with Crippen LogP contribution in [0.5, 0.6) is 0 Å². The van der Waals surface area contributed by atoms with Gasteiger partial charge in [-0.1, -0.05) is 30.3 Å². The minimum atomic E-state index is -0.390. The Bertz CT molecular complexity index is 1300. The number of carbonyl (C=O) groups excluding carboxylic acids is 1. The fraction of sp³-hybridized carbons (Fsp3) is 0.222. The maximum atomic E-state index is 13.7. The maximum absolute atomic E-state index is 13.7. The van der Waals surface area contributed by atoms with Gasteiger partial charge >= 0.3 is 0 Å². The lowest BCUT2D eigenvalue weighted by atomic mass is 10.0. The van der Waals surface area contributed by atoms with Crippen molar-refractivity contribution in [1.82, 2.24) is 19.7 Å². The number of anilines is 1. The number of benzene rings is 2. The molecule has 1 fully saturated rings. The van der Waals surface area contributed by atoms with Gasteiger partial charge in [-0.2, -0.15) is 5.10 Å². The lowest BCUT2D eigenvalue weighted by Crippen LogP contribution is -2.46. The lowest BCUT2D eigenvalue weighted by Gasteiger charge is -2.39. The molecule has 2 aromatic heterocycles. The van der Waals surface area contributed by atoms with Crippen molar-refractivity contribution in [2.45, 2.75) is 25.1 Å². The highest BCUT2D eigenvalue weighted by Gasteiger charge is 2.37. The molecule has 1 N–H and O–H groups in total. The van der Waals surface area contributed by atoms with Crippen LogP contribution in [0.1, 0.15) is 34.9 Å². The second-order valence-corrected chi connectivity index (χ2v) is 8.64. The summed E-state index contributed by atoms with van der Waals surface area (Å²) >= 11 is 0. The van der Waals surface area contributed by atoms with Crippen LogP contribution in [0.25, 0.3) is 16.9 Å². The molecule has 4 aromatic rings. The Hall–Kier alpha value is -3.97. The van der Waals surface area contributed by atoms with Gasteiger partial charge in [-0.05, 0) is 49.2 Å². The van der Waals surface area contributed by atoms with Gasteiger partial charge in [0.25, 0.3) is 5.91 Å². The summed E-state index contributed by atoms with van der Waals surface area (Å²) in [6.07, 6.45) is 7.19. The minimum Gasteiger partial charge on any atom is -0.376 e. The third-order valence-corrected chi connectivity index (χ3v) is 6.44. The fourth-order valence-corrected chi connectivity index (χ4v) is 4.76.